The van der Waals surface area contributed by atoms with Gasteiger partial charge in [-0.15, -0.1) is 0 Å². The second-order valence-electron chi connectivity index (χ2n) is 4.30. The lowest BCUT2D eigenvalue weighted by Crippen LogP contribution is -2.38. The summed E-state index contributed by atoms with van der Waals surface area (Å²) in [4.78, 5) is 13.9. The van der Waals surface area contributed by atoms with E-state index >= 15 is 0 Å². The maximum atomic E-state index is 11.5. The summed E-state index contributed by atoms with van der Waals surface area (Å²) in [5.74, 6) is 0. The van der Waals surface area contributed by atoms with Crippen LogP contribution < -0.4 is 11.3 Å². The normalized spacial score (nSPS) is 21.4. The summed E-state index contributed by atoms with van der Waals surface area (Å²) in [6.45, 7) is 3.52. The van der Waals surface area contributed by atoms with Crippen LogP contribution in [0.25, 0.3) is 0 Å². The minimum atomic E-state index is 0.0750. The van der Waals surface area contributed by atoms with Gasteiger partial charge in [0.2, 0.25) is 0 Å². The Morgan fingerprint density at radius 3 is 3.00 bits per heavy atom. The van der Waals surface area contributed by atoms with E-state index in [1.807, 2.05) is 12.3 Å². The first-order chi connectivity index (χ1) is 7.81. The molecule has 0 saturated carbocycles. The molecule has 4 nitrogen and oxygen atoms in total. The molecule has 0 aliphatic carbocycles. The lowest BCUT2D eigenvalue weighted by atomic mass is 10.2. The first-order valence-corrected chi connectivity index (χ1v) is 5.91. The second-order valence-corrected chi connectivity index (χ2v) is 4.30. The molecule has 1 unspecified atom stereocenters. The Morgan fingerprint density at radius 1 is 1.38 bits per heavy atom. The van der Waals surface area contributed by atoms with Gasteiger partial charge in [0.1, 0.15) is 0 Å². The zero-order valence-corrected chi connectivity index (χ0v) is 9.51. The summed E-state index contributed by atoms with van der Waals surface area (Å²) >= 11 is 0. The predicted molar refractivity (Wildman–Crippen MR) is 64.4 cm³/mol. The molecule has 2 rings (SSSR count). The average molecular weight is 221 g/mol. The Morgan fingerprint density at radius 2 is 2.25 bits per heavy atom. The maximum Gasteiger partial charge on any atom is 0.250 e. The molecular weight excluding hydrogens is 202 g/mol. The number of nitrogens with zero attached hydrogens (tertiary/aromatic N) is 2. The van der Waals surface area contributed by atoms with Gasteiger partial charge >= 0.3 is 0 Å². The molecule has 2 N–H and O–H groups in total. The summed E-state index contributed by atoms with van der Waals surface area (Å²) in [5, 5.41) is 0. The second kappa shape index (κ2) is 5.27. The van der Waals surface area contributed by atoms with E-state index in [-0.39, 0.29) is 5.56 Å². The van der Waals surface area contributed by atoms with Crippen molar-refractivity contribution in [3.63, 3.8) is 0 Å². The first-order valence-electron chi connectivity index (χ1n) is 5.91. The van der Waals surface area contributed by atoms with Crippen LogP contribution in [-0.2, 0) is 6.54 Å². The Kier molecular flexibility index (Phi) is 3.74. The highest BCUT2D eigenvalue weighted by Gasteiger charge is 2.22. The van der Waals surface area contributed by atoms with Crippen LogP contribution in [0.4, 0.5) is 0 Å². The number of rotatable bonds is 4. The third-order valence-corrected chi connectivity index (χ3v) is 3.30. The zero-order valence-electron chi connectivity index (χ0n) is 9.51. The summed E-state index contributed by atoms with van der Waals surface area (Å²) in [5.41, 5.74) is 5.79. The van der Waals surface area contributed by atoms with Crippen LogP contribution in [-0.4, -0.2) is 35.1 Å². The van der Waals surface area contributed by atoms with E-state index in [1.165, 1.54) is 12.8 Å². The highest BCUT2D eigenvalue weighted by Crippen LogP contribution is 2.15. The minimum absolute atomic E-state index is 0.0750. The van der Waals surface area contributed by atoms with Gasteiger partial charge in [-0.2, -0.15) is 0 Å². The van der Waals surface area contributed by atoms with Crippen LogP contribution in [0.1, 0.15) is 12.8 Å². The fourth-order valence-electron chi connectivity index (χ4n) is 2.34. The smallest absolute Gasteiger partial charge is 0.250 e. The molecule has 1 fully saturated rings. The van der Waals surface area contributed by atoms with Crippen molar-refractivity contribution in [1.29, 1.82) is 0 Å². The summed E-state index contributed by atoms with van der Waals surface area (Å²) < 4.78 is 1.76. The molecule has 0 amide bonds. The fourth-order valence-corrected chi connectivity index (χ4v) is 2.34. The molecule has 1 saturated heterocycles. The lowest BCUT2D eigenvalue weighted by Gasteiger charge is -2.23. The number of hydrogen-bond acceptors (Lipinski definition) is 3. The molecule has 1 aromatic rings. The molecule has 88 valence electrons. The molecule has 0 bridgehead atoms. The van der Waals surface area contributed by atoms with Crippen molar-refractivity contribution in [2.75, 3.05) is 19.6 Å². The van der Waals surface area contributed by atoms with Gasteiger partial charge in [0, 0.05) is 37.9 Å². The van der Waals surface area contributed by atoms with Crippen LogP contribution in [0.2, 0.25) is 0 Å². The molecule has 0 spiro atoms. The molecule has 1 atom stereocenters. The van der Waals surface area contributed by atoms with Crippen LogP contribution in [0.15, 0.2) is 29.2 Å². The largest absolute Gasteiger partial charge is 0.329 e. The lowest BCUT2D eigenvalue weighted by molar-refractivity contribution is 0.247. The van der Waals surface area contributed by atoms with Crippen molar-refractivity contribution in [3.05, 3.63) is 34.7 Å². The van der Waals surface area contributed by atoms with Crippen molar-refractivity contribution in [2.45, 2.75) is 25.4 Å². The molecule has 1 aliphatic rings. The van der Waals surface area contributed by atoms with E-state index in [1.54, 1.807) is 16.7 Å². The van der Waals surface area contributed by atoms with E-state index in [4.69, 9.17) is 5.73 Å². The Labute approximate surface area is 95.7 Å². The third-order valence-electron chi connectivity index (χ3n) is 3.30. The van der Waals surface area contributed by atoms with Gasteiger partial charge < -0.3 is 10.3 Å². The Balaban J connectivity index is 1.92. The third kappa shape index (κ3) is 2.51. The molecule has 2 heterocycles. The van der Waals surface area contributed by atoms with Gasteiger partial charge in [-0.05, 0) is 25.5 Å². The summed E-state index contributed by atoms with van der Waals surface area (Å²) in [6, 6.07) is 5.78. The maximum absolute atomic E-state index is 11.5. The van der Waals surface area contributed by atoms with Gasteiger partial charge in [0.25, 0.3) is 5.56 Å². The molecule has 1 aromatic heterocycles. The predicted octanol–water partition coefficient (Wildman–Crippen LogP) is 0.271. The van der Waals surface area contributed by atoms with Crippen LogP contribution in [0.5, 0.6) is 0 Å². The molecule has 16 heavy (non-hydrogen) atoms. The first kappa shape index (κ1) is 11.4. The van der Waals surface area contributed by atoms with Crippen molar-refractivity contribution in [3.8, 4) is 0 Å². The highest BCUT2D eigenvalue weighted by atomic mass is 16.1. The number of likely N-dealkylation sites (tertiary alicyclic amines) is 1. The quantitative estimate of drug-likeness (QED) is 0.794. The van der Waals surface area contributed by atoms with Crippen LogP contribution in [0.3, 0.4) is 0 Å². The van der Waals surface area contributed by atoms with Crippen LogP contribution >= 0.6 is 0 Å². The van der Waals surface area contributed by atoms with Gasteiger partial charge in [-0.1, -0.05) is 6.07 Å². The van der Waals surface area contributed by atoms with Crippen molar-refractivity contribution in [1.82, 2.24) is 9.47 Å². The van der Waals surface area contributed by atoms with E-state index in [0.717, 1.165) is 26.2 Å². The zero-order chi connectivity index (χ0) is 11.4. The van der Waals surface area contributed by atoms with Gasteiger partial charge in [0.15, 0.2) is 0 Å². The molecule has 0 aromatic carbocycles. The molecule has 0 radical (unpaired) electrons. The number of aromatic nitrogens is 1. The van der Waals surface area contributed by atoms with Gasteiger partial charge in [0.05, 0.1) is 0 Å². The van der Waals surface area contributed by atoms with E-state index in [9.17, 15) is 4.79 Å². The fraction of sp³-hybridized carbons (Fsp3) is 0.583. The van der Waals surface area contributed by atoms with E-state index < -0.39 is 0 Å². The summed E-state index contributed by atoms with van der Waals surface area (Å²) in [6.07, 6.45) is 4.27. The molecule has 4 heteroatoms. The number of pyridine rings is 1. The average Bonchev–Trinajstić information content (AvgIpc) is 2.75. The SMILES string of the molecule is NCC1CCCN1CCn1ccccc1=O. The van der Waals surface area contributed by atoms with Gasteiger partial charge in [-0.3, -0.25) is 9.69 Å². The van der Waals surface area contributed by atoms with Crippen molar-refractivity contribution in [2.24, 2.45) is 5.73 Å². The molecular formula is C12H19N3O. The monoisotopic (exact) mass is 221 g/mol. The van der Waals surface area contributed by atoms with Crippen molar-refractivity contribution >= 4 is 0 Å². The molecule has 1 aliphatic heterocycles. The highest BCUT2D eigenvalue weighted by molar-refractivity contribution is 4.93. The number of nitrogens with two attached hydrogens (primary N) is 1. The van der Waals surface area contributed by atoms with Crippen LogP contribution in [0, 0.1) is 0 Å². The Hall–Kier alpha value is -1.13. The Bertz CT molecular complexity index is 388. The number of hydrogen-bond donors (Lipinski definition) is 1. The van der Waals surface area contributed by atoms with E-state index in [2.05, 4.69) is 4.90 Å². The van der Waals surface area contributed by atoms with Crippen molar-refractivity contribution < 1.29 is 0 Å². The van der Waals surface area contributed by atoms with E-state index in [0.29, 0.717) is 6.04 Å². The minimum Gasteiger partial charge on any atom is -0.329 e. The van der Waals surface area contributed by atoms with Gasteiger partial charge in [-0.25, -0.2) is 0 Å². The standard InChI is InChI=1S/C12H19N3O/c13-10-11-4-3-7-14(11)8-9-15-6-2-1-5-12(15)16/h1-2,5-6,11H,3-4,7-10,13H2. The topological polar surface area (TPSA) is 51.3 Å². The summed E-state index contributed by atoms with van der Waals surface area (Å²) in [7, 11) is 0.